The predicted molar refractivity (Wildman–Crippen MR) is 192 cm³/mol. The first kappa shape index (κ1) is 38.0. The number of aliphatic hydroxyl groups excluding tert-OH is 1. The van der Waals surface area contributed by atoms with Gasteiger partial charge in [0.25, 0.3) is 0 Å². The van der Waals surface area contributed by atoms with Crippen molar-refractivity contribution in [2.45, 2.75) is 137 Å². The second kappa shape index (κ2) is 18.2. The van der Waals surface area contributed by atoms with Crippen molar-refractivity contribution in [2.75, 3.05) is 13.2 Å². The molecule has 0 amide bonds. The summed E-state index contributed by atoms with van der Waals surface area (Å²) < 4.78 is 11.0. The first-order valence-electron chi connectivity index (χ1n) is 19.1. The molecule has 2 aromatic carbocycles. The number of ether oxygens (including phenoxy) is 2. The Morgan fingerprint density at radius 2 is 1.42 bits per heavy atom. The fourth-order valence-electron chi connectivity index (χ4n) is 8.72. The number of hydrogen-bond acceptors (Lipinski definition) is 6. The molecule has 2 fully saturated rings. The zero-order valence-electron chi connectivity index (χ0n) is 30.3. The number of carbonyl (C=O) groups is 2. The molecule has 6 nitrogen and oxygen atoms in total. The van der Waals surface area contributed by atoms with Crippen LogP contribution in [-0.2, 0) is 15.9 Å². The van der Waals surface area contributed by atoms with E-state index in [0.717, 1.165) is 76.5 Å². The van der Waals surface area contributed by atoms with Gasteiger partial charge in [0.1, 0.15) is 5.75 Å². The van der Waals surface area contributed by atoms with Gasteiger partial charge >= 0.3 is 11.9 Å². The van der Waals surface area contributed by atoms with E-state index >= 15 is 0 Å². The predicted octanol–water partition coefficient (Wildman–Crippen LogP) is 10.0. The van der Waals surface area contributed by atoms with Crippen molar-refractivity contribution in [1.82, 2.24) is 0 Å². The van der Waals surface area contributed by atoms with Crippen molar-refractivity contribution in [2.24, 2.45) is 29.1 Å². The fraction of sp³-hybridized carbons (Fsp3) is 0.667. The van der Waals surface area contributed by atoms with E-state index in [2.05, 4.69) is 40.7 Å². The molecule has 266 valence electrons. The number of carbonyl (C=O) groups excluding carboxylic acids is 2. The SMILES string of the molecule is CCCCC(CC)COC(=O)c1ccccc1C(=O)OCC(CC)CCCC.C[C@]12CC[C@@H]3c4ccc(O)cc4CC[C@H]3[C@@H]1CC[C@@H]2O. The monoisotopic (exact) mass is 662 g/mol. The van der Waals surface area contributed by atoms with Crippen molar-refractivity contribution in [3.8, 4) is 5.75 Å². The van der Waals surface area contributed by atoms with Crippen LogP contribution < -0.4 is 0 Å². The molecule has 0 bridgehead atoms. The second-order valence-electron chi connectivity index (χ2n) is 15.0. The van der Waals surface area contributed by atoms with Crippen LogP contribution in [0.15, 0.2) is 42.5 Å². The third kappa shape index (κ3) is 9.22. The number of fused-ring (bicyclic) bond motifs is 5. The summed E-state index contributed by atoms with van der Waals surface area (Å²) in [6, 6.07) is 12.7. The molecule has 0 saturated heterocycles. The molecule has 2 aromatic rings. The first-order chi connectivity index (χ1) is 23.2. The van der Waals surface area contributed by atoms with Crippen molar-refractivity contribution in [1.29, 1.82) is 0 Å². The maximum absolute atomic E-state index is 12.6. The van der Waals surface area contributed by atoms with E-state index in [-0.39, 0.29) is 11.5 Å². The van der Waals surface area contributed by atoms with Crippen LogP contribution in [0.1, 0.15) is 156 Å². The van der Waals surface area contributed by atoms with E-state index < -0.39 is 11.9 Å². The number of phenols is 1. The fourth-order valence-corrected chi connectivity index (χ4v) is 8.72. The van der Waals surface area contributed by atoms with Crippen LogP contribution in [0.2, 0.25) is 0 Å². The third-order valence-corrected chi connectivity index (χ3v) is 12.0. The largest absolute Gasteiger partial charge is 0.508 e. The highest BCUT2D eigenvalue weighted by atomic mass is 16.5. The molecule has 3 aliphatic carbocycles. The highest BCUT2D eigenvalue weighted by molar-refractivity contribution is 6.03. The molecular formula is C42H62O6. The van der Waals surface area contributed by atoms with Gasteiger partial charge in [-0.1, -0.05) is 91.3 Å². The summed E-state index contributed by atoms with van der Waals surface area (Å²) in [7, 11) is 0. The zero-order chi connectivity index (χ0) is 34.7. The zero-order valence-corrected chi connectivity index (χ0v) is 30.3. The van der Waals surface area contributed by atoms with Gasteiger partial charge in [0, 0.05) is 0 Å². The molecule has 2 saturated carbocycles. The number of aromatic hydroxyl groups is 1. The van der Waals surface area contributed by atoms with Crippen LogP contribution in [-0.4, -0.2) is 41.5 Å². The number of rotatable bonds is 14. The summed E-state index contributed by atoms with van der Waals surface area (Å²) in [6.45, 7) is 11.7. The number of benzene rings is 2. The summed E-state index contributed by atoms with van der Waals surface area (Å²) in [5.41, 5.74) is 3.57. The van der Waals surface area contributed by atoms with Crippen LogP contribution in [0, 0.1) is 29.1 Å². The lowest BCUT2D eigenvalue weighted by atomic mass is 9.55. The van der Waals surface area contributed by atoms with Crippen molar-refractivity contribution < 1.29 is 29.3 Å². The number of phenolic OH excluding ortho intramolecular Hbond substituents is 1. The summed E-state index contributed by atoms with van der Waals surface area (Å²) in [5.74, 6) is 2.34. The topological polar surface area (TPSA) is 93.1 Å². The Morgan fingerprint density at radius 3 is 1.96 bits per heavy atom. The van der Waals surface area contributed by atoms with Gasteiger partial charge in [-0.2, -0.15) is 0 Å². The van der Waals surface area contributed by atoms with Gasteiger partial charge in [-0.25, -0.2) is 9.59 Å². The molecule has 48 heavy (non-hydrogen) atoms. The highest BCUT2D eigenvalue weighted by Gasteiger charge is 2.54. The van der Waals surface area contributed by atoms with Gasteiger partial charge < -0.3 is 19.7 Å². The summed E-state index contributed by atoms with van der Waals surface area (Å²) in [6.07, 6.45) is 15.4. The van der Waals surface area contributed by atoms with E-state index in [1.807, 2.05) is 12.1 Å². The van der Waals surface area contributed by atoms with Gasteiger partial charge in [0.2, 0.25) is 0 Å². The van der Waals surface area contributed by atoms with E-state index in [1.165, 1.54) is 30.4 Å². The Bertz CT molecular complexity index is 1270. The molecule has 7 atom stereocenters. The lowest BCUT2D eigenvalue weighted by Gasteiger charge is -2.50. The van der Waals surface area contributed by atoms with Crippen molar-refractivity contribution in [3.05, 3.63) is 64.7 Å². The van der Waals surface area contributed by atoms with Crippen LogP contribution in [0.5, 0.6) is 5.75 Å². The molecule has 5 rings (SSSR count). The van der Waals surface area contributed by atoms with Crippen LogP contribution >= 0.6 is 0 Å². The first-order valence-corrected chi connectivity index (χ1v) is 19.1. The molecule has 0 spiro atoms. The molecule has 3 aliphatic rings. The van der Waals surface area contributed by atoms with Crippen LogP contribution in [0.4, 0.5) is 0 Å². The van der Waals surface area contributed by atoms with E-state index in [4.69, 9.17) is 9.47 Å². The van der Waals surface area contributed by atoms with Crippen LogP contribution in [0.25, 0.3) is 0 Å². The molecular weight excluding hydrogens is 600 g/mol. The second-order valence-corrected chi connectivity index (χ2v) is 15.0. The molecule has 0 aliphatic heterocycles. The minimum Gasteiger partial charge on any atom is -0.508 e. The van der Waals surface area contributed by atoms with Gasteiger partial charge in [0.05, 0.1) is 30.4 Å². The number of esters is 2. The molecule has 6 heteroatoms. The quantitative estimate of drug-likeness (QED) is 0.196. The average molecular weight is 663 g/mol. The van der Waals surface area contributed by atoms with Gasteiger partial charge in [-0.05, 0) is 122 Å². The molecule has 0 heterocycles. The summed E-state index contributed by atoms with van der Waals surface area (Å²) in [5, 5.41) is 20.0. The Balaban J connectivity index is 0.000000227. The maximum atomic E-state index is 12.6. The standard InChI is InChI=1S/C24H38O4.C18H24O2/c1-5-9-13-19(7-3)17-27-23(25)21-15-11-12-16-22(21)24(26)28-18-20(8-4)14-10-6-2;1-18-9-8-14-13-5-3-12(19)10-11(13)2-4-15(14)16(18)6-7-17(18)20/h11-12,15-16,19-20H,5-10,13-14,17-18H2,1-4H3;3,5,10,14-17,19-20H,2,4,6-9H2,1H3/t;14-,15-,16+,17+,18+/m.1/s1. The number of aryl methyl sites for hydroxylation is 1. The molecule has 2 N–H and O–H groups in total. The van der Waals surface area contributed by atoms with Crippen molar-refractivity contribution >= 4 is 11.9 Å². The van der Waals surface area contributed by atoms with Gasteiger partial charge in [-0.15, -0.1) is 0 Å². The maximum Gasteiger partial charge on any atom is 0.339 e. The van der Waals surface area contributed by atoms with E-state index in [1.54, 1.807) is 24.3 Å². The number of unbranched alkanes of at least 4 members (excludes halogenated alkanes) is 2. The Hall–Kier alpha value is -2.86. The smallest absolute Gasteiger partial charge is 0.339 e. The summed E-state index contributed by atoms with van der Waals surface area (Å²) in [4.78, 5) is 25.1. The number of hydrogen-bond donors (Lipinski definition) is 2. The lowest BCUT2D eigenvalue weighted by Crippen LogP contribution is -2.43. The number of aliphatic hydroxyl groups is 1. The molecule has 0 aromatic heterocycles. The van der Waals surface area contributed by atoms with Crippen LogP contribution in [0.3, 0.4) is 0 Å². The average Bonchev–Trinajstić information content (AvgIpc) is 3.41. The Labute approximate surface area is 290 Å². The molecule has 2 unspecified atom stereocenters. The highest BCUT2D eigenvalue weighted by Crippen LogP contribution is 2.60. The van der Waals surface area contributed by atoms with E-state index in [0.29, 0.717) is 53.8 Å². The Kier molecular flexibility index (Phi) is 14.4. The van der Waals surface area contributed by atoms with Gasteiger partial charge in [0.15, 0.2) is 0 Å². The Morgan fingerprint density at radius 1 is 0.833 bits per heavy atom. The third-order valence-electron chi connectivity index (χ3n) is 12.0. The normalized spacial score (nSPS) is 25.4. The summed E-state index contributed by atoms with van der Waals surface area (Å²) >= 11 is 0. The lowest BCUT2D eigenvalue weighted by molar-refractivity contribution is -0.0226. The van der Waals surface area contributed by atoms with Crippen molar-refractivity contribution in [3.63, 3.8) is 0 Å². The minimum absolute atomic E-state index is 0.0883. The van der Waals surface area contributed by atoms with Gasteiger partial charge in [-0.3, -0.25) is 0 Å². The van der Waals surface area contributed by atoms with E-state index in [9.17, 15) is 19.8 Å². The molecule has 0 radical (unpaired) electrons. The minimum atomic E-state index is -0.444.